The summed E-state index contributed by atoms with van der Waals surface area (Å²) in [7, 11) is 0. The normalized spacial score (nSPS) is 20.8. The minimum Gasteiger partial charge on any atom is -0.307 e. The van der Waals surface area contributed by atoms with Gasteiger partial charge in [0.1, 0.15) is 0 Å². The molecule has 0 bridgehead atoms. The van der Waals surface area contributed by atoms with Crippen LogP contribution in [0, 0.1) is 5.92 Å². The Morgan fingerprint density at radius 1 is 1.50 bits per heavy atom. The third-order valence-electron chi connectivity index (χ3n) is 2.88. The lowest BCUT2D eigenvalue weighted by molar-refractivity contribution is 0.444. The maximum absolute atomic E-state index is 3.67. The van der Waals surface area contributed by atoms with Gasteiger partial charge in [0.25, 0.3) is 0 Å². The van der Waals surface area contributed by atoms with Gasteiger partial charge in [0.15, 0.2) is 0 Å². The monoisotopic (exact) mass is 273 g/mol. The Balaban J connectivity index is 1.94. The molecule has 1 saturated carbocycles. The molecule has 0 radical (unpaired) electrons. The molecule has 1 nitrogen and oxygen atoms in total. The summed E-state index contributed by atoms with van der Waals surface area (Å²) in [6.07, 6.45) is 2.82. The molecule has 2 unspecified atom stereocenters. The van der Waals surface area contributed by atoms with Gasteiger partial charge in [0.2, 0.25) is 0 Å². The molecule has 1 aromatic rings. The van der Waals surface area contributed by atoms with E-state index in [4.69, 9.17) is 0 Å². The van der Waals surface area contributed by atoms with Gasteiger partial charge in [0, 0.05) is 21.4 Å². The molecule has 2 rings (SSSR count). The van der Waals surface area contributed by atoms with Crippen LogP contribution < -0.4 is 5.32 Å². The van der Waals surface area contributed by atoms with E-state index < -0.39 is 0 Å². The second kappa shape index (κ2) is 4.33. The Bertz CT molecular complexity index is 306. The van der Waals surface area contributed by atoms with Gasteiger partial charge in [-0.05, 0) is 60.0 Å². The number of hydrogen-bond donors (Lipinski definition) is 1. The van der Waals surface area contributed by atoms with Gasteiger partial charge in [-0.1, -0.05) is 0 Å². The molecule has 0 amide bonds. The van der Waals surface area contributed by atoms with Crippen LogP contribution in [0.3, 0.4) is 0 Å². The fourth-order valence-electron chi connectivity index (χ4n) is 1.82. The third-order valence-corrected chi connectivity index (χ3v) is 4.93. The predicted molar refractivity (Wildman–Crippen MR) is 65.8 cm³/mol. The quantitative estimate of drug-likeness (QED) is 0.876. The number of nitrogens with one attached hydrogen (secondary N) is 1. The summed E-state index contributed by atoms with van der Waals surface area (Å²) in [5.41, 5.74) is 0. The minimum absolute atomic E-state index is 0.472. The van der Waals surface area contributed by atoms with Crippen LogP contribution >= 0.6 is 27.3 Å². The zero-order chi connectivity index (χ0) is 10.1. The summed E-state index contributed by atoms with van der Waals surface area (Å²) in [6.45, 7) is 4.55. The van der Waals surface area contributed by atoms with Crippen molar-refractivity contribution in [2.24, 2.45) is 5.92 Å². The van der Waals surface area contributed by atoms with Crippen molar-refractivity contribution in [3.05, 3.63) is 20.8 Å². The van der Waals surface area contributed by atoms with Crippen molar-refractivity contribution >= 4 is 27.3 Å². The first-order valence-electron chi connectivity index (χ1n) is 5.17. The lowest BCUT2D eigenvalue weighted by atomic mass is 10.2. The SMILES string of the molecule is CC(NC(C)C1CC1)c1sccc1Br. The smallest absolute Gasteiger partial charge is 0.0399 e. The topological polar surface area (TPSA) is 12.0 Å². The van der Waals surface area contributed by atoms with Crippen LogP contribution in [0.4, 0.5) is 0 Å². The highest BCUT2D eigenvalue weighted by molar-refractivity contribution is 9.10. The van der Waals surface area contributed by atoms with Crippen molar-refractivity contribution < 1.29 is 0 Å². The Labute approximate surface area is 98.0 Å². The van der Waals surface area contributed by atoms with E-state index >= 15 is 0 Å². The van der Waals surface area contributed by atoms with E-state index in [-0.39, 0.29) is 0 Å². The fraction of sp³-hybridized carbons (Fsp3) is 0.636. The van der Waals surface area contributed by atoms with Crippen LogP contribution in [-0.2, 0) is 0 Å². The molecular formula is C11H16BrNS. The molecule has 14 heavy (non-hydrogen) atoms. The lowest BCUT2D eigenvalue weighted by Gasteiger charge is -2.19. The zero-order valence-corrected chi connectivity index (χ0v) is 11.0. The summed E-state index contributed by atoms with van der Waals surface area (Å²) in [5.74, 6) is 0.927. The summed E-state index contributed by atoms with van der Waals surface area (Å²) in [6, 6.07) is 3.26. The van der Waals surface area contributed by atoms with Crippen molar-refractivity contribution in [2.45, 2.75) is 38.8 Å². The van der Waals surface area contributed by atoms with Crippen molar-refractivity contribution in [3.63, 3.8) is 0 Å². The van der Waals surface area contributed by atoms with Crippen LogP contribution in [0.2, 0.25) is 0 Å². The first kappa shape index (κ1) is 10.7. The maximum atomic E-state index is 3.67. The lowest BCUT2D eigenvalue weighted by Crippen LogP contribution is -2.30. The largest absolute Gasteiger partial charge is 0.307 e. The molecule has 0 aliphatic heterocycles. The van der Waals surface area contributed by atoms with E-state index in [0.29, 0.717) is 12.1 Å². The molecule has 0 aromatic carbocycles. The first-order chi connectivity index (χ1) is 6.68. The highest BCUT2D eigenvalue weighted by atomic mass is 79.9. The number of rotatable bonds is 4. The van der Waals surface area contributed by atoms with Crippen molar-refractivity contribution in [1.29, 1.82) is 0 Å². The van der Waals surface area contributed by atoms with Crippen LogP contribution in [0.25, 0.3) is 0 Å². The van der Waals surface area contributed by atoms with Crippen molar-refractivity contribution in [1.82, 2.24) is 5.32 Å². The first-order valence-corrected chi connectivity index (χ1v) is 6.84. The van der Waals surface area contributed by atoms with Gasteiger partial charge in [0.05, 0.1) is 0 Å². The highest BCUT2D eigenvalue weighted by Crippen LogP contribution is 2.35. The Kier molecular flexibility index (Phi) is 3.30. The van der Waals surface area contributed by atoms with Crippen molar-refractivity contribution in [3.8, 4) is 0 Å². The molecule has 1 aliphatic carbocycles. The number of thiophene rings is 1. The second-order valence-electron chi connectivity index (χ2n) is 4.15. The number of halogens is 1. The second-order valence-corrected chi connectivity index (χ2v) is 5.95. The molecule has 1 fully saturated rings. The molecule has 0 spiro atoms. The van der Waals surface area contributed by atoms with Gasteiger partial charge >= 0.3 is 0 Å². The van der Waals surface area contributed by atoms with E-state index in [0.717, 1.165) is 5.92 Å². The molecule has 1 aliphatic rings. The summed E-state index contributed by atoms with van der Waals surface area (Å²) in [4.78, 5) is 1.41. The Morgan fingerprint density at radius 3 is 2.71 bits per heavy atom. The minimum atomic E-state index is 0.472. The van der Waals surface area contributed by atoms with Crippen LogP contribution in [0.1, 0.15) is 37.6 Å². The molecule has 0 saturated heterocycles. The molecular weight excluding hydrogens is 258 g/mol. The van der Waals surface area contributed by atoms with Crippen molar-refractivity contribution in [2.75, 3.05) is 0 Å². The molecule has 1 N–H and O–H groups in total. The van der Waals surface area contributed by atoms with E-state index in [1.165, 1.54) is 22.2 Å². The van der Waals surface area contributed by atoms with Crippen LogP contribution in [0.5, 0.6) is 0 Å². The van der Waals surface area contributed by atoms with Crippen LogP contribution in [-0.4, -0.2) is 6.04 Å². The van der Waals surface area contributed by atoms with Crippen LogP contribution in [0.15, 0.2) is 15.9 Å². The summed E-state index contributed by atoms with van der Waals surface area (Å²) >= 11 is 5.40. The van der Waals surface area contributed by atoms with Gasteiger partial charge in [-0.3, -0.25) is 0 Å². The third kappa shape index (κ3) is 2.38. The average Bonchev–Trinajstić information content (AvgIpc) is 2.89. The fourth-order valence-corrected chi connectivity index (χ4v) is 3.55. The molecule has 3 heteroatoms. The zero-order valence-electron chi connectivity index (χ0n) is 8.59. The highest BCUT2D eigenvalue weighted by Gasteiger charge is 2.29. The van der Waals surface area contributed by atoms with E-state index in [1.54, 1.807) is 0 Å². The molecule has 78 valence electrons. The van der Waals surface area contributed by atoms with Gasteiger partial charge < -0.3 is 5.32 Å². The summed E-state index contributed by atoms with van der Waals surface area (Å²) < 4.78 is 1.24. The van der Waals surface area contributed by atoms with Gasteiger partial charge in [-0.2, -0.15) is 0 Å². The van der Waals surface area contributed by atoms with Gasteiger partial charge in [-0.15, -0.1) is 11.3 Å². The summed E-state index contributed by atoms with van der Waals surface area (Å²) in [5, 5.41) is 5.80. The average molecular weight is 274 g/mol. The molecule has 2 atom stereocenters. The molecule has 1 heterocycles. The Hall–Kier alpha value is 0.140. The van der Waals surface area contributed by atoms with E-state index in [9.17, 15) is 0 Å². The van der Waals surface area contributed by atoms with E-state index in [1.807, 2.05) is 11.3 Å². The standard InChI is InChI=1S/C11H16BrNS/c1-7(9-3-4-9)13-8(2)11-10(12)5-6-14-11/h5-9,13H,3-4H2,1-2H3. The molecule has 1 aromatic heterocycles. The van der Waals surface area contributed by atoms with E-state index in [2.05, 4.69) is 46.5 Å². The van der Waals surface area contributed by atoms with Gasteiger partial charge in [-0.25, -0.2) is 0 Å². The predicted octanol–water partition coefficient (Wildman–Crippen LogP) is 3.96. The maximum Gasteiger partial charge on any atom is 0.0399 e. The number of hydrogen-bond acceptors (Lipinski definition) is 2. The Morgan fingerprint density at radius 2 is 2.21 bits per heavy atom.